The third kappa shape index (κ3) is 2.44. The molecular weight excluding hydrogens is 162 g/mol. The van der Waals surface area contributed by atoms with Crippen LogP contribution in [-0.4, -0.2) is 25.3 Å². The van der Waals surface area contributed by atoms with Gasteiger partial charge in [-0.1, -0.05) is 12.8 Å². The van der Waals surface area contributed by atoms with E-state index in [1.54, 1.807) is 0 Å². The van der Waals surface area contributed by atoms with Gasteiger partial charge in [-0.25, -0.2) is 0 Å². The number of rotatable bonds is 3. The van der Waals surface area contributed by atoms with E-state index in [0.29, 0.717) is 0 Å². The fraction of sp³-hybridized carbons (Fsp3) is 1.00. The van der Waals surface area contributed by atoms with Crippen molar-refractivity contribution in [2.24, 2.45) is 5.92 Å². The molecule has 0 bridgehead atoms. The first-order valence-corrected chi connectivity index (χ1v) is 5.61. The first-order valence-electron chi connectivity index (χ1n) is 5.61. The maximum atomic E-state index is 5.41. The van der Waals surface area contributed by atoms with Crippen LogP contribution in [0, 0.1) is 5.92 Å². The Balaban J connectivity index is 1.71. The Morgan fingerprint density at radius 3 is 2.77 bits per heavy atom. The number of hydrogen-bond acceptors (Lipinski definition) is 2. The van der Waals surface area contributed by atoms with Gasteiger partial charge in [0.05, 0.1) is 6.61 Å². The molecule has 1 heterocycles. The smallest absolute Gasteiger partial charge is 0.0646 e. The minimum absolute atomic E-state index is 0.280. The molecule has 1 aliphatic heterocycles. The van der Waals surface area contributed by atoms with Crippen LogP contribution >= 0.6 is 0 Å². The standard InChI is InChI=1S/C11H21NO/c1-11(6-7-13-9-11)12-8-10-4-2-3-5-10/h10,12H,2-9H2,1H3. The van der Waals surface area contributed by atoms with Crippen molar-refractivity contribution in [2.45, 2.75) is 44.6 Å². The van der Waals surface area contributed by atoms with E-state index >= 15 is 0 Å². The third-order valence-corrected chi connectivity index (χ3v) is 3.51. The molecule has 0 amide bonds. The molecule has 0 aromatic carbocycles. The molecule has 0 aromatic heterocycles. The van der Waals surface area contributed by atoms with Gasteiger partial charge in [-0.2, -0.15) is 0 Å². The van der Waals surface area contributed by atoms with E-state index < -0.39 is 0 Å². The normalized spacial score (nSPS) is 35.8. The second kappa shape index (κ2) is 3.97. The molecule has 1 N–H and O–H groups in total. The molecule has 2 fully saturated rings. The molecule has 1 saturated heterocycles. The van der Waals surface area contributed by atoms with E-state index in [-0.39, 0.29) is 5.54 Å². The van der Waals surface area contributed by atoms with Crippen molar-refractivity contribution in [3.05, 3.63) is 0 Å². The summed E-state index contributed by atoms with van der Waals surface area (Å²) in [6.45, 7) is 5.34. The van der Waals surface area contributed by atoms with Gasteiger partial charge in [-0.3, -0.25) is 0 Å². The Kier molecular flexibility index (Phi) is 2.89. The molecule has 76 valence electrons. The average Bonchev–Trinajstić information content (AvgIpc) is 2.72. The summed E-state index contributed by atoms with van der Waals surface area (Å²) in [4.78, 5) is 0. The summed E-state index contributed by atoms with van der Waals surface area (Å²) in [5.74, 6) is 0.942. The highest BCUT2D eigenvalue weighted by molar-refractivity contribution is 4.87. The van der Waals surface area contributed by atoms with Crippen LogP contribution in [0.5, 0.6) is 0 Å². The molecule has 2 nitrogen and oxygen atoms in total. The Labute approximate surface area is 81.0 Å². The zero-order valence-corrected chi connectivity index (χ0v) is 8.64. The van der Waals surface area contributed by atoms with Gasteiger partial charge in [0, 0.05) is 12.1 Å². The number of ether oxygens (including phenoxy) is 1. The molecule has 13 heavy (non-hydrogen) atoms. The summed E-state index contributed by atoms with van der Waals surface area (Å²) < 4.78 is 5.41. The van der Waals surface area contributed by atoms with Crippen LogP contribution in [0.25, 0.3) is 0 Å². The van der Waals surface area contributed by atoms with Crippen LogP contribution in [-0.2, 0) is 4.74 Å². The van der Waals surface area contributed by atoms with Crippen LogP contribution in [0.3, 0.4) is 0 Å². The molecule has 1 saturated carbocycles. The maximum absolute atomic E-state index is 5.41. The van der Waals surface area contributed by atoms with Gasteiger partial charge in [0.15, 0.2) is 0 Å². The van der Waals surface area contributed by atoms with Gasteiger partial charge in [0.2, 0.25) is 0 Å². The first-order chi connectivity index (χ1) is 6.29. The summed E-state index contributed by atoms with van der Waals surface area (Å²) >= 11 is 0. The van der Waals surface area contributed by atoms with Gasteiger partial charge < -0.3 is 10.1 Å². The van der Waals surface area contributed by atoms with Crippen LogP contribution in [0.15, 0.2) is 0 Å². The molecule has 1 aliphatic carbocycles. The lowest BCUT2D eigenvalue weighted by Gasteiger charge is -2.25. The summed E-state index contributed by atoms with van der Waals surface area (Å²) in [6.07, 6.45) is 6.94. The lowest BCUT2D eigenvalue weighted by atomic mass is 10.00. The third-order valence-electron chi connectivity index (χ3n) is 3.51. The molecular formula is C11H21NO. The molecule has 2 aliphatic rings. The highest BCUT2D eigenvalue weighted by Crippen LogP contribution is 2.25. The zero-order chi connectivity index (χ0) is 9.15. The molecule has 0 radical (unpaired) electrons. The SMILES string of the molecule is CC1(NCC2CCCC2)CCOC1. The van der Waals surface area contributed by atoms with Gasteiger partial charge in [-0.15, -0.1) is 0 Å². The fourth-order valence-corrected chi connectivity index (χ4v) is 2.41. The highest BCUT2D eigenvalue weighted by atomic mass is 16.5. The second-order valence-corrected chi connectivity index (χ2v) is 4.89. The molecule has 0 aromatic rings. The Hall–Kier alpha value is -0.0800. The van der Waals surface area contributed by atoms with E-state index in [9.17, 15) is 0 Å². The molecule has 1 atom stereocenters. The van der Waals surface area contributed by atoms with E-state index in [2.05, 4.69) is 12.2 Å². The van der Waals surface area contributed by atoms with Crippen LogP contribution in [0.2, 0.25) is 0 Å². The molecule has 1 unspecified atom stereocenters. The summed E-state index contributed by atoms with van der Waals surface area (Å²) in [5, 5.41) is 3.67. The van der Waals surface area contributed by atoms with Crippen molar-refractivity contribution in [3.8, 4) is 0 Å². The van der Waals surface area contributed by atoms with Crippen molar-refractivity contribution in [1.82, 2.24) is 5.32 Å². The Morgan fingerprint density at radius 2 is 2.15 bits per heavy atom. The summed E-state index contributed by atoms with van der Waals surface area (Å²) in [6, 6.07) is 0. The van der Waals surface area contributed by atoms with Gasteiger partial charge in [0.25, 0.3) is 0 Å². The first kappa shape index (κ1) is 9.47. The summed E-state index contributed by atoms with van der Waals surface area (Å²) in [5.41, 5.74) is 0.280. The van der Waals surface area contributed by atoms with Crippen molar-refractivity contribution < 1.29 is 4.74 Å². The molecule has 2 rings (SSSR count). The number of hydrogen-bond donors (Lipinski definition) is 1. The Bertz CT molecular complexity index is 157. The predicted octanol–water partition coefficient (Wildman–Crippen LogP) is 1.95. The van der Waals surface area contributed by atoms with E-state index in [1.165, 1.54) is 38.6 Å². The van der Waals surface area contributed by atoms with Gasteiger partial charge >= 0.3 is 0 Å². The quantitative estimate of drug-likeness (QED) is 0.722. The number of nitrogens with one attached hydrogen (secondary N) is 1. The monoisotopic (exact) mass is 183 g/mol. The van der Waals surface area contributed by atoms with Crippen molar-refractivity contribution in [1.29, 1.82) is 0 Å². The van der Waals surface area contributed by atoms with E-state index in [4.69, 9.17) is 4.74 Å². The summed E-state index contributed by atoms with van der Waals surface area (Å²) in [7, 11) is 0. The zero-order valence-electron chi connectivity index (χ0n) is 8.64. The van der Waals surface area contributed by atoms with Crippen LogP contribution < -0.4 is 5.32 Å². The molecule has 0 spiro atoms. The topological polar surface area (TPSA) is 21.3 Å². The average molecular weight is 183 g/mol. The highest BCUT2D eigenvalue weighted by Gasteiger charge is 2.29. The van der Waals surface area contributed by atoms with Gasteiger partial charge in [0.1, 0.15) is 0 Å². The van der Waals surface area contributed by atoms with Crippen LogP contribution in [0.1, 0.15) is 39.0 Å². The van der Waals surface area contributed by atoms with Crippen molar-refractivity contribution in [2.75, 3.05) is 19.8 Å². The lowest BCUT2D eigenvalue weighted by molar-refractivity contribution is 0.169. The minimum atomic E-state index is 0.280. The minimum Gasteiger partial charge on any atom is -0.379 e. The molecule has 2 heteroatoms. The van der Waals surface area contributed by atoms with Crippen molar-refractivity contribution in [3.63, 3.8) is 0 Å². The lowest BCUT2D eigenvalue weighted by Crippen LogP contribution is -2.44. The van der Waals surface area contributed by atoms with E-state index in [0.717, 1.165) is 19.1 Å². The van der Waals surface area contributed by atoms with Crippen molar-refractivity contribution >= 4 is 0 Å². The predicted molar refractivity (Wildman–Crippen MR) is 53.8 cm³/mol. The maximum Gasteiger partial charge on any atom is 0.0646 e. The Morgan fingerprint density at radius 1 is 1.38 bits per heavy atom. The largest absolute Gasteiger partial charge is 0.379 e. The second-order valence-electron chi connectivity index (χ2n) is 4.89. The van der Waals surface area contributed by atoms with E-state index in [1.807, 2.05) is 0 Å². The van der Waals surface area contributed by atoms with Crippen LogP contribution in [0.4, 0.5) is 0 Å². The fourth-order valence-electron chi connectivity index (χ4n) is 2.41. The van der Waals surface area contributed by atoms with Gasteiger partial charge in [-0.05, 0) is 38.6 Å².